The Morgan fingerprint density at radius 3 is 2.52 bits per heavy atom. The molecular weight excluding hydrogens is 276 g/mol. The number of phenolic OH excluding ortho intramolecular Hbond substituents is 1. The second-order valence-electron chi connectivity index (χ2n) is 6.07. The Morgan fingerprint density at radius 1 is 1.24 bits per heavy atom. The zero-order valence-corrected chi connectivity index (χ0v) is 11.8. The van der Waals surface area contributed by atoms with Gasteiger partial charge in [-0.25, -0.2) is 0 Å². The number of aliphatic hydroxyl groups is 3. The molecule has 1 aromatic rings. The van der Waals surface area contributed by atoms with Gasteiger partial charge in [0.1, 0.15) is 17.1 Å². The van der Waals surface area contributed by atoms with Gasteiger partial charge in [-0.05, 0) is 44.4 Å². The smallest absolute Gasteiger partial charge is 0.208 e. The monoisotopic (exact) mass is 294 g/mol. The molecular formula is C15H18O6. The van der Waals surface area contributed by atoms with Crippen molar-refractivity contribution in [2.75, 3.05) is 0 Å². The van der Waals surface area contributed by atoms with Crippen LogP contribution in [0.1, 0.15) is 35.7 Å². The van der Waals surface area contributed by atoms with Crippen LogP contribution in [0.15, 0.2) is 12.1 Å². The summed E-state index contributed by atoms with van der Waals surface area (Å²) in [6.45, 7) is 3.13. The first-order valence-corrected chi connectivity index (χ1v) is 6.87. The number of rotatable bonds is 0. The third-order valence-corrected chi connectivity index (χ3v) is 4.71. The number of Topliss-reactive ketones (excluding diaryl/α,β-unsaturated/α-hetero) is 1. The lowest BCUT2D eigenvalue weighted by molar-refractivity contribution is -0.222. The number of ketones is 1. The Morgan fingerprint density at radius 2 is 1.86 bits per heavy atom. The van der Waals surface area contributed by atoms with Gasteiger partial charge in [-0.1, -0.05) is 0 Å². The number of hydrogen-bond acceptors (Lipinski definition) is 6. The number of ether oxygens (including phenoxy) is 1. The van der Waals surface area contributed by atoms with E-state index in [9.17, 15) is 25.2 Å². The van der Waals surface area contributed by atoms with Crippen LogP contribution < -0.4 is 4.74 Å². The highest BCUT2D eigenvalue weighted by atomic mass is 16.5. The summed E-state index contributed by atoms with van der Waals surface area (Å²) in [5, 5.41) is 41.2. The first-order chi connectivity index (χ1) is 9.71. The minimum absolute atomic E-state index is 0.0737. The van der Waals surface area contributed by atoms with Gasteiger partial charge < -0.3 is 25.2 Å². The summed E-state index contributed by atoms with van der Waals surface area (Å²) in [6, 6.07) is 2.95. The van der Waals surface area contributed by atoms with E-state index >= 15 is 0 Å². The van der Waals surface area contributed by atoms with Crippen molar-refractivity contribution in [2.45, 2.75) is 50.1 Å². The van der Waals surface area contributed by atoms with E-state index in [1.54, 1.807) is 13.0 Å². The predicted molar refractivity (Wildman–Crippen MR) is 72.4 cm³/mol. The normalized spacial score (nSPS) is 38.4. The molecule has 0 aromatic heterocycles. The summed E-state index contributed by atoms with van der Waals surface area (Å²) in [4.78, 5) is 12.7. The number of aromatic hydroxyl groups is 1. The first kappa shape index (κ1) is 14.3. The molecule has 0 radical (unpaired) electrons. The van der Waals surface area contributed by atoms with E-state index in [2.05, 4.69) is 0 Å². The molecule has 4 N–H and O–H groups in total. The Hall–Kier alpha value is -1.63. The fraction of sp³-hybridized carbons (Fsp3) is 0.533. The standard InChI is InChI=1S/C15H18O6/c1-7-5-8(16)12-9(6-7)21-14(2)10(17)3-4-11(18)15(14,20)13(12)19/h5-6,10-11,16-18,20H,3-4H2,1-2H3/t10-,11-,14-,15-/m1/s1. The summed E-state index contributed by atoms with van der Waals surface area (Å²) in [5.74, 6) is -1.02. The molecule has 114 valence electrons. The zero-order valence-electron chi connectivity index (χ0n) is 11.8. The van der Waals surface area contributed by atoms with Gasteiger partial charge in [0.05, 0.1) is 12.2 Å². The van der Waals surface area contributed by atoms with Crippen molar-refractivity contribution < 1.29 is 30.0 Å². The highest BCUT2D eigenvalue weighted by Crippen LogP contribution is 2.49. The molecule has 1 heterocycles. The molecule has 0 unspecified atom stereocenters. The van der Waals surface area contributed by atoms with Crippen LogP contribution in [0.4, 0.5) is 0 Å². The van der Waals surface area contributed by atoms with Crippen LogP contribution in [-0.4, -0.2) is 49.6 Å². The van der Waals surface area contributed by atoms with E-state index in [0.29, 0.717) is 5.56 Å². The van der Waals surface area contributed by atoms with Gasteiger partial charge in [-0.15, -0.1) is 0 Å². The summed E-state index contributed by atoms with van der Waals surface area (Å²) >= 11 is 0. The van der Waals surface area contributed by atoms with Crippen molar-refractivity contribution in [3.63, 3.8) is 0 Å². The topological polar surface area (TPSA) is 107 Å². The van der Waals surface area contributed by atoms with Crippen LogP contribution in [0.3, 0.4) is 0 Å². The van der Waals surface area contributed by atoms with Crippen molar-refractivity contribution in [1.29, 1.82) is 0 Å². The fourth-order valence-corrected chi connectivity index (χ4v) is 3.37. The van der Waals surface area contributed by atoms with Crippen LogP contribution >= 0.6 is 0 Å². The van der Waals surface area contributed by atoms with Crippen molar-refractivity contribution in [2.24, 2.45) is 0 Å². The minimum atomic E-state index is -2.29. The van der Waals surface area contributed by atoms with Gasteiger partial charge in [0, 0.05) is 0 Å². The van der Waals surface area contributed by atoms with Gasteiger partial charge >= 0.3 is 0 Å². The maximum absolute atomic E-state index is 12.7. The van der Waals surface area contributed by atoms with E-state index < -0.39 is 29.2 Å². The molecule has 6 heteroatoms. The second-order valence-corrected chi connectivity index (χ2v) is 6.07. The Labute approximate surface area is 121 Å². The zero-order chi connectivity index (χ0) is 15.6. The highest BCUT2D eigenvalue weighted by Gasteiger charge is 2.67. The van der Waals surface area contributed by atoms with Crippen LogP contribution in [0.2, 0.25) is 0 Å². The third-order valence-electron chi connectivity index (χ3n) is 4.71. The number of hydrogen-bond donors (Lipinski definition) is 4. The molecule has 0 bridgehead atoms. The van der Waals surface area contributed by atoms with Crippen LogP contribution in [0.5, 0.6) is 11.5 Å². The Kier molecular flexibility index (Phi) is 2.86. The lowest BCUT2D eigenvalue weighted by atomic mass is 9.64. The molecule has 1 aliphatic carbocycles. The number of benzene rings is 1. The Bertz CT molecular complexity index is 627. The van der Waals surface area contributed by atoms with E-state index in [0.717, 1.165) is 0 Å². The molecule has 2 aliphatic rings. The molecule has 0 saturated heterocycles. The summed E-state index contributed by atoms with van der Waals surface area (Å²) in [5.41, 5.74) is -3.42. The molecule has 1 saturated carbocycles. The minimum Gasteiger partial charge on any atom is -0.507 e. The van der Waals surface area contributed by atoms with E-state index in [1.807, 2.05) is 0 Å². The Balaban J connectivity index is 2.27. The third kappa shape index (κ3) is 1.61. The summed E-state index contributed by atoms with van der Waals surface area (Å²) < 4.78 is 5.70. The molecule has 21 heavy (non-hydrogen) atoms. The van der Waals surface area contributed by atoms with E-state index in [-0.39, 0.29) is 29.9 Å². The molecule has 1 aliphatic heterocycles. The number of aliphatic hydroxyl groups excluding tert-OH is 2. The number of aryl methyl sites for hydroxylation is 1. The van der Waals surface area contributed by atoms with Gasteiger partial charge in [-0.3, -0.25) is 4.79 Å². The molecule has 4 atom stereocenters. The van der Waals surface area contributed by atoms with Gasteiger partial charge in [-0.2, -0.15) is 0 Å². The van der Waals surface area contributed by atoms with E-state index in [1.165, 1.54) is 13.0 Å². The predicted octanol–water partition coefficient (Wildman–Crippen LogP) is 0.281. The molecule has 0 amide bonds. The number of carbonyl (C=O) groups excluding carboxylic acids is 1. The maximum Gasteiger partial charge on any atom is 0.208 e. The molecule has 6 nitrogen and oxygen atoms in total. The van der Waals surface area contributed by atoms with Crippen molar-refractivity contribution in [1.82, 2.24) is 0 Å². The van der Waals surface area contributed by atoms with Crippen molar-refractivity contribution >= 4 is 5.78 Å². The number of carbonyl (C=O) groups is 1. The molecule has 1 aromatic carbocycles. The SMILES string of the molecule is Cc1cc(O)c2c(c1)O[C@]1(C)[C@H](O)CC[C@@H](O)[C@@]1(O)C2=O. The number of fused-ring (bicyclic) bond motifs is 2. The van der Waals surface area contributed by atoms with Gasteiger partial charge in [0.25, 0.3) is 0 Å². The average Bonchev–Trinajstić information content (AvgIpc) is 2.39. The van der Waals surface area contributed by atoms with Crippen molar-refractivity contribution in [3.8, 4) is 11.5 Å². The highest BCUT2D eigenvalue weighted by molar-refractivity contribution is 6.09. The lowest BCUT2D eigenvalue weighted by Gasteiger charge is -2.54. The number of phenols is 1. The average molecular weight is 294 g/mol. The summed E-state index contributed by atoms with van der Waals surface area (Å²) in [6.07, 6.45) is -2.19. The maximum atomic E-state index is 12.7. The van der Waals surface area contributed by atoms with Crippen molar-refractivity contribution in [3.05, 3.63) is 23.3 Å². The van der Waals surface area contributed by atoms with Crippen LogP contribution in [-0.2, 0) is 0 Å². The lowest BCUT2D eigenvalue weighted by Crippen LogP contribution is -2.75. The molecule has 0 spiro atoms. The summed E-state index contributed by atoms with van der Waals surface area (Å²) in [7, 11) is 0. The largest absolute Gasteiger partial charge is 0.507 e. The quantitative estimate of drug-likeness (QED) is 0.547. The van der Waals surface area contributed by atoms with Gasteiger partial charge in [0.2, 0.25) is 5.78 Å². The van der Waals surface area contributed by atoms with Crippen LogP contribution in [0, 0.1) is 6.92 Å². The van der Waals surface area contributed by atoms with Gasteiger partial charge in [0.15, 0.2) is 11.2 Å². The van der Waals surface area contributed by atoms with E-state index in [4.69, 9.17) is 4.74 Å². The molecule has 1 fully saturated rings. The molecule has 3 rings (SSSR count). The van der Waals surface area contributed by atoms with Crippen LogP contribution in [0.25, 0.3) is 0 Å². The second kappa shape index (κ2) is 4.19. The fourth-order valence-electron chi connectivity index (χ4n) is 3.37. The first-order valence-electron chi connectivity index (χ1n) is 6.87.